The van der Waals surface area contributed by atoms with Gasteiger partial charge in [0.2, 0.25) is 0 Å². The van der Waals surface area contributed by atoms with Crippen molar-refractivity contribution in [1.29, 1.82) is 0 Å². The van der Waals surface area contributed by atoms with E-state index >= 15 is 0 Å². The molecule has 0 aliphatic rings. The van der Waals surface area contributed by atoms with Gasteiger partial charge in [0.1, 0.15) is 12.3 Å². The first-order valence-electron chi connectivity index (χ1n) is 10.6. The molecule has 0 spiro atoms. The minimum absolute atomic E-state index is 0.0752. The fraction of sp³-hybridized carbons (Fsp3) is 0.200. The minimum atomic E-state index is -4.02. The summed E-state index contributed by atoms with van der Waals surface area (Å²) < 4.78 is 33.3. The Hall–Kier alpha value is -3.36. The molecule has 3 aromatic rings. The third-order valence-corrected chi connectivity index (χ3v) is 6.99. The number of anilines is 1. The number of hydrazone groups is 1. The number of amides is 1. The lowest BCUT2D eigenvalue weighted by molar-refractivity contribution is -0.119. The van der Waals surface area contributed by atoms with Gasteiger partial charge in [0, 0.05) is 5.02 Å². The summed E-state index contributed by atoms with van der Waals surface area (Å²) in [5.41, 5.74) is 4.80. The van der Waals surface area contributed by atoms with Crippen molar-refractivity contribution in [3.8, 4) is 5.75 Å². The Morgan fingerprint density at radius 3 is 2.35 bits per heavy atom. The molecule has 3 rings (SSSR count). The summed E-state index contributed by atoms with van der Waals surface area (Å²) in [5, 5.41) is 4.61. The topological polar surface area (TPSA) is 88.1 Å². The lowest BCUT2D eigenvalue weighted by atomic mass is 10.1. The smallest absolute Gasteiger partial charge is 0.264 e. The second-order valence-corrected chi connectivity index (χ2v) is 9.74. The number of halogens is 1. The summed E-state index contributed by atoms with van der Waals surface area (Å²) in [5.74, 6) is 0.155. The lowest BCUT2D eigenvalue weighted by Crippen LogP contribution is -2.40. The van der Waals surface area contributed by atoms with E-state index in [4.69, 9.17) is 16.3 Å². The van der Waals surface area contributed by atoms with Crippen LogP contribution in [-0.4, -0.2) is 33.2 Å². The molecule has 0 aliphatic heterocycles. The fourth-order valence-electron chi connectivity index (χ4n) is 3.25. The van der Waals surface area contributed by atoms with Gasteiger partial charge in [-0.15, -0.1) is 0 Å². The van der Waals surface area contributed by atoms with Gasteiger partial charge in [-0.1, -0.05) is 29.8 Å². The first-order chi connectivity index (χ1) is 16.2. The highest BCUT2D eigenvalue weighted by atomic mass is 35.5. The van der Waals surface area contributed by atoms with E-state index < -0.39 is 22.5 Å². The molecule has 34 heavy (non-hydrogen) atoms. The molecule has 1 N–H and O–H groups in total. The first-order valence-corrected chi connectivity index (χ1v) is 12.4. The van der Waals surface area contributed by atoms with Crippen molar-refractivity contribution in [3.63, 3.8) is 0 Å². The van der Waals surface area contributed by atoms with E-state index in [0.29, 0.717) is 28.6 Å². The van der Waals surface area contributed by atoms with E-state index in [0.717, 1.165) is 15.6 Å². The van der Waals surface area contributed by atoms with Crippen LogP contribution in [0.2, 0.25) is 5.02 Å². The largest absolute Gasteiger partial charge is 0.494 e. The second kappa shape index (κ2) is 11.2. The number of sulfonamides is 1. The van der Waals surface area contributed by atoms with E-state index in [1.807, 2.05) is 31.2 Å². The molecule has 0 saturated heterocycles. The number of nitrogens with one attached hydrogen (secondary N) is 1. The van der Waals surface area contributed by atoms with Crippen molar-refractivity contribution in [3.05, 3.63) is 88.9 Å². The molecule has 0 atom stereocenters. The molecule has 0 unspecified atom stereocenters. The maximum Gasteiger partial charge on any atom is 0.264 e. The predicted molar refractivity (Wildman–Crippen MR) is 135 cm³/mol. The van der Waals surface area contributed by atoms with Gasteiger partial charge in [0.15, 0.2) is 0 Å². The molecule has 7 nitrogen and oxygen atoms in total. The number of nitrogens with zero attached hydrogens (tertiary/aromatic N) is 2. The van der Waals surface area contributed by atoms with Gasteiger partial charge in [0.05, 0.1) is 22.9 Å². The number of aryl methyl sites for hydroxylation is 1. The van der Waals surface area contributed by atoms with Crippen molar-refractivity contribution in [2.45, 2.75) is 25.7 Å². The zero-order chi connectivity index (χ0) is 24.7. The van der Waals surface area contributed by atoms with Gasteiger partial charge in [0.25, 0.3) is 15.9 Å². The average Bonchev–Trinajstić information content (AvgIpc) is 2.82. The Balaban J connectivity index is 1.84. The van der Waals surface area contributed by atoms with Crippen LogP contribution >= 0.6 is 11.6 Å². The van der Waals surface area contributed by atoms with Gasteiger partial charge in [-0.25, -0.2) is 13.8 Å². The van der Waals surface area contributed by atoms with Gasteiger partial charge in [-0.05, 0) is 86.5 Å². The second-order valence-electron chi connectivity index (χ2n) is 7.45. The number of benzene rings is 3. The van der Waals surface area contributed by atoms with Crippen LogP contribution in [-0.2, 0) is 14.8 Å². The van der Waals surface area contributed by atoms with Crippen LogP contribution in [0.4, 0.5) is 5.69 Å². The summed E-state index contributed by atoms with van der Waals surface area (Å²) in [6, 6.07) is 20.1. The molecule has 0 bridgehead atoms. The highest BCUT2D eigenvalue weighted by Gasteiger charge is 2.28. The molecule has 1 amide bonds. The SMILES string of the molecule is CCOc1ccc(/C(C)=N\NC(=O)CN(c2ccc(Cl)cc2C)S(=O)(=O)c2ccccc2)cc1. The molecule has 0 aromatic heterocycles. The highest BCUT2D eigenvalue weighted by Crippen LogP contribution is 2.28. The van der Waals surface area contributed by atoms with Crippen molar-refractivity contribution in [2.75, 3.05) is 17.5 Å². The maximum atomic E-state index is 13.4. The van der Waals surface area contributed by atoms with E-state index in [9.17, 15) is 13.2 Å². The van der Waals surface area contributed by atoms with Crippen LogP contribution in [0.5, 0.6) is 5.75 Å². The zero-order valence-electron chi connectivity index (χ0n) is 19.2. The van der Waals surface area contributed by atoms with Crippen LogP contribution < -0.4 is 14.5 Å². The van der Waals surface area contributed by atoms with Gasteiger partial charge in [-0.3, -0.25) is 9.10 Å². The monoisotopic (exact) mass is 499 g/mol. The zero-order valence-corrected chi connectivity index (χ0v) is 20.7. The molecule has 0 radical (unpaired) electrons. The first kappa shape index (κ1) is 25.3. The Bertz CT molecular complexity index is 1280. The van der Waals surface area contributed by atoms with E-state index in [2.05, 4.69) is 10.5 Å². The Morgan fingerprint density at radius 1 is 1.06 bits per heavy atom. The molecular formula is C25H26ClN3O4S. The van der Waals surface area contributed by atoms with Crippen molar-refractivity contribution in [1.82, 2.24) is 5.43 Å². The molecule has 3 aromatic carbocycles. The van der Waals surface area contributed by atoms with Gasteiger partial charge >= 0.3 is 0 Å². The predicted octanol–water partition coefficient (Wildman–Crippen LogP) is 4.78. The Labute approximate surface area is 205 Å². The minimum Gasteiger partial charge on any atom is -0.494 e. The van der Waals surface area contributed by atoms with Crippen LogP contribution in [0.3, 0.4) is 0 Å². The summed E-state index contributed by atoms with van der Waals surface area (Å²) in [4.78, 5) is 12.9. The number of hydrogen-bond donors (Lipinski definition) is 1. The molecular weight excluding hydrogens is 474 g/mol. The maximum absolute atomic E-state index is 13.4. The van der Waals surface area contributed by atoms with E-state index in [1.165, 1.54) is 12.1 Å². The number of carbonyl (C=O) groups is 1. The third kappa shape index (κ3) is 6.15. The molecule has 178 valence electrons. The van der Waals surface area contributed by atoms with Crippen LogP contribution in [0, 0.1) is 6.92 Å². The van der Waals surface area contributed by atoms with Crippen LogP contribution in [0.25, 0.3) is 0 Å². The molecule has 0 saturated carbocycles. The third-order valence-electron chi connectivity index (χ3n) is 4.98. The molecule has 0 aliphatic carbocycles. The van der Waals surface area contributed by atoms with Gasteiger partial charge < -0.3 is 4.74 Å². The number of hydrogen-bond acceptors (Lipinski definition) is 5. The fourth-order valence-corrected chi connectivity index (χ4v) is 4.99. The number of rotatable bonds is 9. The summed E-state index contributed by atoms with van der Waals surface area (Å²) >= 11 is 6.06. The number of ether oxygens (including phenoxy) is 1. The average molecular weight is 500 g/mol. The molecule has 0 heterocycles. The number of carbonyl (C=O) groups excluding carboxylic acids is 1. The molecule has 9 heteroatoms. The van der Waals surface area contributed by atoms with Gasteiger partial charge in [-0.2, -0.15) is 5.10 Å². The van der Waals surface area contributed by atoms with E-state index in [-0.39, 0.29) is 4.90 Å². The summed E-state index contributed by atoms with van der Waals surface area (Å²) in [7, 11) is -4.02. The Kier molecular flexibility index (Phi) is 8.31. The highest BCUT2D eigenvalue weighted by molar-refractivity contribution is 7.92. The summed E-state index contributed by atoms with van der Waals surface area (Å²) in [6.07, 6.45) is 0. The quantitative estimate of drug-likeness (QED) is 0.339. The lowest BCUT2D eigenvalue weighted by Gasteiger charge is -2.25. The van der Waals surface area contributed by atoms with Crippen molar-refractivity contribution in [2.24, 2.45) is 5.10 Å². The normalized spacial score (nSPS) is 11.7. The molecule has 0 fully saturated rings. The Morgan fingerprint density at radius 2 is 1.74 bits per heavy atom. The standard InChI is InChI=1S/C25H26ClN3O4S/c1-4-33-22-13-10-20(11-14-22)19(3)27-28-25(30)17-29(24-15-12-21(26)16-18(24)2)34(31,32)23-8-6-5-7-9-23/h5-16H,4,17H2,1-3H3,(H,28,30)/b27-19-. The van der Waals surface area contributed by atoms with Crippen molar-refractivity contribution >= 4 is 38.9 Å². The van der Waals surface area contributed by atoms with Crippen LogP contribution in [0.15, 0.2) is 82.8 Å². The summed E-state index contributed by atoms with van der Waals surface area (Å²) in [6.45, 7) is 5.50. The van der Waals surface area contributed by atoms with E-state index in [1.54, 1.807) is 50.2 Å². The van der Waals surface area contributed by atoms with Crippen LogP contribution in [0.1, 0.15) is 25.0 Å². The van der Waals surface area contributed by atoms with Crippen molar-refractivity contribution < 1.29 is 17.9 Å².